The summed E-state index contributed by atoms with van der Waals surface area (Å²) in [5.74, 6) is -3.59. The maximum Gasteiger partial charge on any atom is 0.408 e. The maximum atomic E-state index is 13.6. The van der Waals surface area contributed by atoms with Gasteiger partial charge in [-0.25, -0.2) is 13.6 Å². The maximum absolute atomic E-state index is 13.6. The fourth-order valence-electron chi connectivity index (χ4n) is 1.58. The number of phenols is 1. The van der Waals surface area contributed by atoms with Gasteiger partial charge in [0.15, 0.2) is 6.61 Å². The minimum absolute atomic E-state index is 0. The van der Waals surface area contributed by atoms with E-state index in [9.17, 15) is 18.7 Å². The van der Waals surface area contributed by atoms with E-state index in [1.54, 1.807) is 0 Å². The number of cyclic esters (lactones) is 1. The van der Waals surface area contributed by atoms with Crippen LogP contribution in [-0.2, 0) is 4.74 Å². The summed E-state index contributed by atoms with van der Waals surface area (Å²) in [4.78, 5) is 11.0. The molecule has 1 aliphatic rings. The van der Waals surface area contributed by atoms with Gasteiger partial charge < -0.3 is 15.2 Å². The molecule has 2 rings (SSSR count). The van der Waals surface area contributed by atoms with Crippen molar-refractivity contribution in [2.75, 3.05) is 6.61 Å². The van der Waals surface area contributed by atoms with Gasteiger partial charge in [-0.2, -0.15) is 0 Å². The number of para-hydroxylation sites is 1. The van der Waals surface area contributed by atoms with Crippen molar-refractivity contribution in [3.63, 3.8) is 0 Å². The molecule has 1 amide bonds. The van der Waals surface area contributed by atoms with Gasteiger partial charge >= 0.3 is 12.0 Å². The molecule has 1 aromatic carbocycles. The molecule has 0 unspecified atom stereocenters. The second-order valence-corrected chi connectivity index (χ2v) is 4.45. The fraction of sp³-hybridized carbons (Fsp3) is 0.300. The zero-order valence-electron chi connectivity index (χ0n) is 8.82. The molecule has 2 N–H and O–H groups in total. The Balaban J connectivity index is 0.00000162. The van der Waals surface area contributed by atoms with Crippen LogP contribution in [0, 0.1) is 0 Å². The van der Waals surface area contributed by atoms with Gasteiger partial charge in [-0.15, -0.1) is 12.4 Å². The Morgan fingerprint density at radius 2 is 2.17 bits per heavy atom. The molecule has 0 saturated carbocycles. The van der Waals surface area contributed by atoms with Crippen LogP contribution in [0.25, 0.3) is 0 Å². The third-order valence-corrected chi connectivity index (χ3v) is 3.05. The van der Waals surface area contributed by atoms with Crippen LogP contribution in [0.3, 0.4) is 0 Å². The summed E-state index contributed by atoms with van der Waals surface area (Å²) in [5.41, 5.74) is -0.0546. The summed E-state index contributed by atoms with van der Waals surface area (Å²) in [5, 5.41) is 11.7. The van der Waals surface area contributed by atoms with Crippen LogP contribution in [0.4, 0.5) is 13.6 Å². The number of amides is 1. The third-order valence-electron chi connectivity index (χ3n) is 2.41. The highest BCUT2D eigenvalue weighted by molar-refractivity contribution is 9.10. The smallest absolute Gasteiger partial charge is 0.408 e. The highest BCUT2D eigenvalue weighted by atomic mass is 79.9. The number of alkyl halides is 2. The second-order valence-electron chi connectivity index (χ2n) is 3.59. The number of phenolic OH excluding ortho intramolecular Hbond substituents is 1. The van der Waals surface area contributed by atoms with Gasteiger partial charge in [-0.05, 0) is 22.0 Å². The Bertz CT molecular complexity index is 472. The van der Waals surface area contributed by atoms with Crippen molar-refractivity contribution in [1.82, 2.24) is 5.32 Å². The van der Waals surface area contributed by atoms with E-state index in [2.05, 4.69) is 20.7 Å². The summed E-state index contributed by atoms with van der Waals surface area (Å²) < 4.78 is 31.7. The number of hydrogen-bond donors (Lipinski definition) is 2. The van der Waals surface area contributed by atoms with Gasteiger partial charge in [0.2, 0.25) is 0 Å². The number of alkyl carbamates (subject to hydrolysis) is 1. The first kappa shape index (κ1) is 15.0. The Kier molecular flexibility index (Phi) is 4.39. The van der Waals surface area contributed by atoms with E-state index in [1.165, 1.54) is 18.2 Å². The summed E-state index contributed by atoms with van der Waals surface area (Å²) in [6, 6.07) is 2.74. The van der Waals surface area contributed by atoms with Crippen molar-refractivity contribution in [3.8, 4) is 5.75 Å². The summed E-state index contributed by atoms with van der Waals surface area (Å²) in [7, 11) is 0. The normalized spacial score (nSPS) is 21.5. The van der Waals surface area contributed by atoms with Crippen molar-refractivity contribution in [2.24, 2.45) is 0 Å². The third kappa shape index (κ3) is 2.67. The molecule has 100 valence electrons. The molecular weight excluding hydrogens is 335 g/mol. The number of halogens is 4. The van der Waals surface area contributed by atoms with Crippen LogP contribution in [0.2, 0.25) is 0 Å². The van der Waals surface area contributed by atoms with E-state index < -0.39 is 24.7 Å². The van der Waals surface area contributed by atoms with Crippen molar-refractivity contribution in [3.05, 3.63) is 28.2 Å². The topological polar surface area (TPSA) is 58.6 Å². The fourth-order valence-corrected chi connectivity index (χ4v) is 1.96. The molecule has 1 aromatic rings. The number of carbonyl (C=O) groups is 1. The van der Waals surface area contributed by atoms with E-state index in [0.717, 1.165) is 0 Å². The van der Waals surface area contributed by atoms with Crippen molar-refractivity contribution >= 4 is 34.4 Å². The molecule has 0 radical (unpaired) electrons. The molecule has 4 nitrogen and oxygen atoms in total. The Morgan fingerprint density at radius 1 is 1.50 bits per heavy atom. The molecule has 0 aromatic heterocycles. The van der Waals surface area contributed by atoms with Crippen LogP contribution in [-0.4, -0.2) is 23.7 Å². The molecule has 1 atom stereocenters. The molecule has 1 heterocycles. The van der Waals surface area contributed by atoms with Crippen molar-refractivity contribution < 1.29 is 23.4 Å². The van der Waals surface area contributed by atoms with Gasteiger partial charge in [0.05, 0.1) is 4.47 Å². The van der Waals surface area contributed by atoms with Crippen LogP contribution in [0.1, 0.15) is 11.6 Å². The first-order valence-corrected chi connectivity index (χ1v) is 5.49. The molecule has 1 saturated heterocycles. The number of benzene rings is 1. The minimum Gasteiger partial charge on any atom is -0.506 e. The average molecular weight is 345 g/mol. The first-order valence-electron chi connectivity index (χ1n) is 4.70. The van der Waals surface area contributed by atoms with Crippen molar-refractivity contribution in [1.29, 1.82) is 0 Å². The summed E-state index contributed by atoms with van der Waals surface area (Å²) in [6.45, 7) is -1.00. The lowest BCUT2D eigenvalue weighted by atomic mass is 9.99. The van der Waals surface area contributed by atoms with Crippen molar-refractivity contribution in [2.45, 2.75) is 12.0 Å². The van der Waals surface area contributed by atoms with Crippen LogP contribution in [0.15, 0.2) is 22.7 Å². The quantitative estimate of drug-likeness (QED) is 0.823. The number of nitrogens with one attached hydrogen (secondary N) is 1. The molecule has 0 spiro atoms. The van der Waals surface area contributed by atoms with E-state index >= 15 is 0 Å². The van der Waals surface area contributed by atoms with Crippen LogP contribution < -0.4 is 5.32 Å². The van der Waals surface area contributed by atoms with Gasteiger partial charge in [-0.1, -0.05) is 12.1 Å². The Morgan fingerprint density at radius 3 is 2.83 bits per heavy atom. The highest BCUT2D eigenvalue weighted by Crippen LogP contribution is 2.40. The van der Waals surface area contributed by atoms with E-state index in [1.807, 2.05) is 5.32 Å². The van der Waals surface area contributed by atoms with Gasteiger partial charge in [0.25, 0.3) is 0 Å². The number of ether oxygens (including phenoxy) is 1. The molecule has 0 aliphatic carbocycles. The molecule has 18 heavy (non-hydrogen) atoms. The number of aromatic hydroxyl groups is 1. The van der Waals surface area contributed by atoms with Crippen LogP contribution in [0.5, 0.6) is 5.75 Å². The number of hydrogen-bond acceptors (Lipinski definition) is 3. The molecule has 1 aliphatic heterocycles. The zero-order chi connectivity index (χ0) is 12.6. The van der Waals surface area contributed by atoms with E-state index in [-0.39, 0.29) is 28.2 Å². The summed E-state index contributed by atoms with van der Waals surface area (Å²) >= 11 is 3.03. The van der Waals surface area contributed by atoms with Crippen LogP contribution >= 0.6 is 28.3 Å². The molecule has 0 bridgehead atoms. The highest BCUT2D eigenvalue weighted by Gasteiger charge is 2.47. The monoisotopic (exact) mass is 343 g/mol. The largest absolute Gasteiger partial charge is 0.506 e. The average Bonchev–Trinajstić information content (AvgIpc) is 2.26. The number of carbonyl (C=O) groups excluding carboxylic acids is 1. The lowest BCUT2D eigenvalue weighted by molar-refractivity contribution is -0.104. The zero-order valence-corrected chi connectivity index (χ0v) is 11.2. The molecular formula is C10H9BrClF2NO3. The van der Waals surface area contributed by atoms with E-state index in [4.69, 9.17) is 0 Å². The molecule has 1 fully saturated rings. The Labute approximate surface area is 116 Å². The molecule has 8 heteroatoms. The minimum atomic E-state index is -3.27. The van der Waals surface area contributed by atoms with Gasteiger partial charge in [0.1, 0.15) is 11.8 Å². The lowest BCUT2D eigenvalue weighted by Crippen LogP contribution is -2.49. The first-order chi connectivity index (χ1) is 7.92. The lowest BCUT2D eigenvalue weighted by Gasteiger charge is -2.32. The number of rotatable bonds is 1. The second kappa shape index (κ2) is 5.27. The predicted molar refractivity (Wildman–Crippen MR) is 65.2 cm³/mol. The van der Waals surface area contributed by atoms with E-state index in [0.29, 0.717) is 0 Å². The predicted octanol–water partition coefficient (Wildman–Crippen LogP) is 2.99. The Hall–Kier alpha value is -1.08. The standard InChI is InChI=1S/C10H8BrF2NO3.ClH/c11-6-3-1-2-5(7(6)15)8-10(12,13)4-17-9(16)14-8;/h1-3,8,15H,4H2,(H,14,16);1H/t8-;/m1./s1. The van der Waals surface area contributed by atoms with Gasteiger partial charge in [0, 0.05) is 5.56 Å². The summed E-state index contributed by atoms with van der Waals surface area (Å²) in [6.07, 6.45) is -0.930. The van der Waals surface area contributed by atoms with Gasteiger partial charge in [-0.3, -0.25) is 0 Å². The SMILES string of the molecule is Cl.O=C1N[C@H](c2cccc(Br)c2O)C(F)(F)CO1.